The van der Waals surface area contributed by atoms with Gasteiger partial charge in [0.05, 0.1) is 22.1 Å². The molecule has 9 aromatic carbocycles. The predicted molar refractivity (Wildman–Crippen MR) is 225 cm³/mol. The maximum atomic E-state index is 2.46. The molecule has 246 valence electrons. The summed E-state index contributed by atoms with van der Waals surface area (Å²) in [6.45, 7) is 0. The number of hydrogen-bond donors (Lipinski definition) is 0. The van der Waals surface area contributed by atoms with E-state index in [1.807, 2.05) is 11.8 Å². The number of nitrogens with zero attached hydrogens (tertiary/aromatic N) is 2. The lowest BCUT2D eigenvalue weighted by Gasteiger charge is -2.21. The third-order valence-corrected chi connectivity index (χ3v) is 12.4. The van der Waals surface area contributed by atoms with Gasteiger partial charge in [0.1, 0.15) is 0 Å². The van der Waals surface area contributed by atoms with Crippen LogP contribution in [0.15, 0.2) is 192 Å². The number of hydrogen-bond acceptors (Lipinski definition) is 1. The molecule has 0 bridgehead atoms. The van der Waals surface area contributed by atoms with Crippen LogP contribution in [0.25, 0.3) is 98.8 Å². The molecule has 0 radical (unpaired) electrons. The second-order valence-corrected chi connectivity index (χ2v) is 15.2. The minimum Gasteiger partial charge on any atom is -0.309 e. The molecule has 1 aliphatic rings. The van der Waals surface area contributed by atoms with Gasteiger partial charge < -0.3 is 9.13 Å². The number of benzene rings is 9. The molecule has 0 unspecified atom stereocenters. The molecular formula is C50H30N2S. The molecule has 2 nitrogen and oxygen atoms in total. The van der Waals surface area contributed by atoms with Crippen LogP contribution in [-0.4, -0.2) is 9.13 Å². The summed E-state index contributed by atoms with van der Waals surface area (Å²) in [7, 11) is 0. The van der Waals surface area contributed by atoms with Gasteiger partial charge in [0.25, 0.3) is 0 Å². The fraction of sp³-hybridized carbons (Fsp3) is 0. The molecule has 12 rings (SSSR count). The molecule has 11 aromatic rings. The molecule has 2 aromatic heterocycles. The first-order chi connectivity index (χ1) is 26.3. The number of aromatic nitrogens is 2. The van der Waals surface area contributed by atoms with Crippen molar-refractivity contribution in [3.05, 3.63) is 182 Å². The Labute approximate surface area is 310 Å². The molecule has 3 heterocycles. The van der Waals surface area contributed by atoms with Crippen molar-refractivity contribution in [1.82, 2.24) is 9.13 Å². The van der Waals surface area contributed by atoms with Crippen molar-refractivity contribution in [2.75, 3.05) is 0 Å². The molecule has 0 atom stereocenters. The van der Waals surface area contributed by atoms with Gasteiger partial charge in [0.2, 0.25) is 0 Å². The Bertz CT molecular complexity index is 3300. The molecule has 0 amide bonds. The second kappa shape index (κ2) is 11.0. The van der Waals surface area contributed by atoms with Gasteiger partial charge in [-0.1, -0.05) is 127 Å². The van der Waals surface area contributed by atoms with E-state index < -0.39 is 0 Å². The van der Waals surface area contributed by atoms with Gasteiger partial charge in [-0.3, -0.25) is 0 Å². The van der Waals surface area contributed by atoms with E-state index in [-0.39, 0.29) is 0 Å². The molecule has 0 saturated carbocycles. The fourth-order valence-electron chi connectivity index (χ4n) is 9.01. The van der Waals surface area contributed by atoms with Crippen LogP contribution in [0.5, 0.6) is 0 Å². The Morgan fingerprint density at radius 2 is 0.887 bits per heavy atom. The van der Waals surface area contributed by atoms with E-state index in [1.54, 1.807) is 0 Å². The molecule has 53 heavy (non-hydrogen) atoms. The Hall–Kier alpha value is -6.55. The summed E-state index contributed by atoms with van der Waals surface area (Å²) in [5.41, 5.74) is 12.3. The van der Waals surface area contributed by atoms with E-state index in [4.69, 9.17) is 0 Å². The highest BCUT2D eigenvalue weighted by Crippen LogP contribution is 2.51. The summed E-state index contributed by atoms with van der Waals surface area (Å²) in [6.07, 6.45) is 0. The summed E-state index contributed by atoms with van der Waals surface area (Å²) in [5.74, 6) is 0. The van der Waals surface area contributed by atoms with Crippen molar-refractivity contribution in [2.45, 2.75) is 9.79 Å². The van der Waals surface area contributed by atoms with E-state index in [9.17, 15) is 0 Å². The molecule has 0 spiro atoms. The summed E-state index contributed by atoms with van der Waals surface area (Å²) in [4.78, 5) is 2.63. The highest BCUT2D eigenvalue weighted by atomic mass is 32.2. The molecule has 0 fully saturated rings. The standard InChI is InChI=1S/C50H30N2S/c1-3-13-34(14-4-1)51-42-25-23-32(28-40(42)48-36-17-8-7-12-31(36)22-27-44(48)51)33-24-26-43-41(29-33)49-39-20-11-19-38-37-18-9-10-21-46(37)53-47(50(38)39)30-45(49)52(43)35-15-5-2-6-16-35/h1-30H. The smallest absolute Gasteiger partial charge is 0.0558 e. The Morgan fingerprint density at radius 1 is 0.321 bits per heavy atom. The molecule has 0 aliphatic carbocycles. The lowest BCUT2D eigenvalue weighted by molar-refractivity contribution is 1.18. The van der Waals surface area contributed by atoms with Crippen molar-refractivity contribution in [3.63, 3.8) is 0 Å². The second-order valence-electron chi connectivity index (χ2n) is 14.1. The van der Waals surface area contributed by atoms with Gasteiger partial charge in [0.15, 0.2) is 0 Å². The fourth-order valence-corrected chi connectivity index (χ4v) is 10.2. The first-order valence-electron chi connectivity index (χ1n) is 18.2. The first-order valence-corrected chi connectivity index (χ1v) is 19.0. The van der Waals surface area contributed by atoms with Crippen molar-refractivity contribution >= 4 is 76.9 Å². The van der Waals surface area contributed by atoms with E-state index in [1.165, 1.54) is 109 Å². The minimum absolute atomic E-state index is 1.17. The molecular weight excluding hydrogens is 661 g/mol. The highest BCUT2D eigenvalue weighted by Gasteiger charge is 2.24. The molecule has 3 heteroatoms. The Morgan fingerprint density at radius 3 is 1.62 bits per heavy atom. The normalized spacial score (nSPS) is 12.5. The number of fused-ring (bicyclic) bond motifs is 11. The quantitative estimate of drug-likeness (QED) is 0.179. The molecule has 1 aliphatic heterocycles. The highest BCUT2D eigenvalue weighted by molar-refractivity contribution is 7.99. The van der Waals surface area contributed by atoms with Crippen molar-refractivity contribution in [3.8, 4) is 33.6 Å². The van der Waals surface area contributed by atoms with Crippen molar-refractivity contribution in [1.29, 1.82) is 0 Å². The first kappa shape index (κ1) is 29.1. The van der Waals surface area contributed by atoms with Crippen LogP contribution in [0, 0.1) is 0 Å². The van der Waals surface area contributed by atoms with Gasteiger partial charge in [0, 0.05) is 48.1 Å². The van der Waals surface area contributed by atoms with Crippen molar-refractivity contribution < 1.29 is 0 Å². The molecule has 0 saturated heterocycles. The van der Waals surface area contributed by atoms with E-state index >= 15 is 0 Å². The van der Waals surface area contributed by atoms with Crippen LogP contribution >= 0.6 is 11.8 Å². The predicted octanol–water partition coefficient (Wildman–Crippen LogP) is 14.0. The van der Waals surface area contributed by atoms with Crippen LogP contribution in [0.3, 0.4) is 0 Å². The monoisotopic (exact) mass is 690 g/mol. The third-order valence-electron chi connectivity index (χ3n) is 11.3. The average molecular weight is 691 g/mol. The minimum atomic E-state index is 1.17. The largest absolute Gasteiger partial charge is 0.309 e. The summed E-state index contributed by atoms with van der Waals surface area (Å²) in [6, 6.07) is 67.1. The topological polar surface area (TPSA) is 9.86 Å². The van der Waals surface area contributed by atoms with Crippen molar-refractivity contribution in [2.24, 2.45) is 0 Å². The molecule has 0 N–H and O–H groups in total. The van der Waals surface area contributed by atoms with Crippen LogP contribution in [0.1, 0.15) is 0 Å². The zero-order valence-electron chi connectivity index (χ0n) is 28.6. The number of rotatable bonds is 3. The van der Waals surface area contributed by atoms with Gasteiger partial charge in [-0.25, -0.2) is 0 Å². The lowest BCUT2D eigenvalue weighted by Crippen LogP contribution is -1.96. The van der Waals surface area contributed by atoms with E-state index in [2.05, 4.69) is 191 Å². The zero-order chi connectivity index (χ0) is 34.6. The van der Waals surface area contributed by atoms with Crippen LogP contribution in [0.4, 0.5) is 0 Å². The summed E-state index contributed by atoms with van der Waals surface area (Å²) < 4.78 is 4.88. The van der Waals surface area contributed by atoms with E-state index in [0.29, 0.717) is 0 Å². The van der Waals surface area contributed by atoms with Gasteiger partial charge in [-0.15, -0.1) is 0 Å². The average Bonchev–Trinajstić information content (AvgIpc) is 3.74. The van der Waals surface area contributed by atoms with E-state index in [0.717, 1.165) is 0 Å². The maximum absolute atomic E-state index is 2.46. The summed E-state index contributed by atoms with van der Waals surface area (Å²) in [5, 5.41) is 10.3. The Balaban J connectivity index is 1.16. The van der Waals surface area contributed by atoms with Crippen LogP contribution in [-0.2, 0) is 0 Å². The van der Waals surface area contributed by atoms with Crippen LogP contribution in [0.2, 0.25) is 0 Å². The zero-order valence-corrected chi connectivity index (χ0v) is 29.4. The number of para-hydroxylation sites is 2. The summed E-state index contributed by atoms with van der Waals surface area (Å²) >= 11 is 1.89. The Kier molecular flexibility index (Phi) is 6.02. The van der Waals surface area contributed by atoms with Gasteiger partial charge in [-0.2, -0.15) is 0 Å². The maximum Gasteiger partial charge on any atom is 0.0558 e. The van der Waals surface area contributed by atoms with Gasteiger partial charge >= 0.3 is 0 Å². The SMILES string of the molecule is c1ccc(-n2c3ccc(-c4ccc5c(c4)c4c6cccc7c6c(cc4n5-c4ccccc4)Sc4ccccc4-7)cc3c3c4ccccc4ccc32)cc1. The van der Waals surface area contributed by atoms with Gasteiger partial charge in [-0.05, 0) is 105 Å². The lowest BCUT2D eigenvalue weighted by atomic mass is 9.94. The van der Waals surface area contributed by atoms with Crippen LogP contribution < -0.4 is 0 Å². The third kappa shape index (κ3) is 4.11.